The van der Waals surface area contributed by atoms with Gasteiger partial charge >= 0.3 is 0 Å². The monoisotopic (exact) mass is 359 g/mol. The Kier molecular flexibility index (Phi) is 5.16. The molecule has 2 saturated carbocycles. The summed E-state index contributed by atoms with van der Waals surface area (Å²) in [5, 5.41) is 3.46. The molecule has 2 atom stereocenters. The number of hydrogen-bond donors (Lipinski definition) is 2. The van der Waals surface area contributed by atoms with Crippen LogP contribution in [0.25, 0.3) is 0 Å². The topological polar surface area (TPSA) is 58.4 Å². The van der Waals surface area contributed by atoms with E-state index >= 15 is 0 Å². The Hall–Kier alpha value is -1.62. The van der Waals surface area contributed by atoms with Crippen molar-refractivity contribution >= 4 is 11.6 Å². The second kappa shape index (κ2) is 7.55. The van der Waals surface area contributed by atoms with Crippen molar-refractivity contribution in [1.29, 1.82) is 0 Å². The van der Waals surface area contributed by atoms with E-state index in [0.29, 0.717) is 29.8 Å². The highest BCUT2D eigenvalue weighted by molar-refractivity contribution is 5.79. The van der Waals surface area contributed by atoms with E-state index in [1.165, 1.54) is 31.4 Å². The molecule has 5 heteroatoms. The number of nitrogens with two attached hydrogens (primary N) is 1. The lowest BCUT2D eigenvalue weighted by atomic mass is 9.65. The highest BCUT2D eigenvalue weighted by Gasteiger charge is 2.41. The van der Waals surface area contributed by atoms with Crippen molar-refractivity contribution in [2.75, 3.05) is 18.4 Å². The standard InChI is InChI=1S/C21H30FN3O/c22-17-4-6-18(7-5-17)24-19-8-10-25(11-9-19)21(26)16-12-14-2-1-3-15(13-16)20(14)23/h4-7,14-16,19-20,24H,1-3,8-13,23H2. The molecule has 1 aliphatic heterocycles. The van der Waals surface area contributed by atoms with Gasteiger partial charge in [0.15, 0.2) is 0 Å². The third kappa shape index (κ3) is 3.73. The Morgan fingerprint density at radius 1 is 1.04 bits per heavy atom. The first-order valence-corrected chi connectivity index (χ1v) is 10.2. The Balaban J connectivity index is 1.29. The average molecular weight is 359 g/mol. The van der Waals surface area contributed by atoms with Gasteiger partial charge in [-0.05, 0) is 74.6 Å². The van der Waals surface area contributed by atoms with Gasteiger partial charge in [0, 0.05) is 36.8 Å². The van der Waals surface area contributed by atoms with Crippen LogP contribution in [0.1, 0.15) is 44.9 Å². The van der Waals surface area contributed by atoms with Crippen LogP contribution in [0.3, 0.4) is 0 Å². The second-order valence-corrected chi connectivity index (χ2v) is 8.45. The van der Waals surface area contributed by atoms with Crippen molar-refractivity contribution in [3.05, 3.63) is 30.1 Å². The molecule has 142 valence electrons. The van der Waals surface area contributed by atoms with E-state index in [2.05, 4.69) is 10.2 Å². The number of amides is 1. The van der Waals surface area contributed by atoms with E-state index in [4.69, 9.17) is 5.73 Å². The lowest BCUT2D eigenvalue weighted by Gasteiger charge is -2.45. The van der Waals surface area contributed by atoms with Gasteiger partial charge in [0.05, 0.1) is 0 Å². The number of hydrogen-bond acceptors (Lipinski definition) is 3. The Morgan fingerprint density at radius 2 is 1.65 bits per heavy atom. The number of carbonyl (C=O) groups is 1. The van der Waals surface area contributed by atoms with Crippen LogP contribution in [0, 0.1) is 23.6 Å². The number of benzene rings is 1. The number of carbonyl (C=O) groups excluding carboxylic acids is 1. The van der Waals surface area contributed by atoms with E-state index in [1.807, 2.05) is 0 Å². The molecule has 3 N–H and O–H groups in total. The minimum absolute atomic E-state index is 0.187. The summed E-state index contributed by atoms with van der Waals surface area (Å²) >= 11 is 0. The summed E-state index contributed by atoms with van der Waals surface area (Å²) in [6.07, 6.45) is 7.56. The van der Waals surface area contributed by atoms with Crippen LogP contribution in [0.15, 0.2) is 24.3 Å². The first kappa shape index (κ1) is 17.8. The molecule has 1 heterocycles. The molecule has 1 saturated heterocycles. The molecule has 1 aromatic rings. The SMILES string of the molecule is NC1C2CCCC1CC(C(=O)N1CCC(Nc3ccc(F)cc3)CC1)C2. The third-order valence-corrected chi connectivity index (χ3v) is 6.78. The molecule has 2 bridgehead atoms. The molecular formula is C21H30FN3O. The van der Waals surface area contributed by atoms with Gasteiger partial charge in [-0.1, -0.05) is 6.42 Å². The summed E-state index contributed by atoms with van der Waals surface area (Å²) in [5.41, 5.74) is 7.32. The van der Waals surface area contributed by atoms with Crippen LogP contribution in [0.5, 0.6) is 0 Å². The van der Waals surface area contributed by atoms with Gasteiger partial charge in [-0.25, -0.2) is 4.39 Å². The fourth-order valence-corrected chi connectivity index (χ4v) is 5.27. The van der Waals surface area contributed by atoms with Crippen molar-refractivity contribution in [1.82, 2.24) is 4.90 Å². The van der Waals surface area contributed by atoms with Crippen molar-refractivity contribution < 1.29 is 9.18 Å². The van der Waals surface area contributed by atoms with Crippen LogP contribution < -0.4 is 11.1 Å². The summed E-state index contributed by atoms with van der Waals surface area (Å²) in [5.74, 6) is 1.43. The first-order valence-electron chi connectivity index (χ1n) is 10.2. The molecule has 3 aliphatic rings. The number of likely N-dealkylation sites (tertiary alicyclic amines) is 1. The molecule has 1 amide bonds. The minimum Gasteiger partial charge on any atom is -0.382 e. The van der Waals surface area contributed by atoms with Crippen LogP contribution in [-0.2, 0) is 4.79 Å². The van der Waals surface area contributed by atoms with Crippen LogP contribution in [0.4, 0.5) is 10.1 Å². The summed E-state index contributed by atoms with van der Waals surface area (Å²) in [4.78, 5) is 15.1. The highest BCUT2D eigenvalue weighted by atomic mass is 19.1. The van der Waals surface area contributed by atoms with E-state index in [-0.39, 0.29) is 11.7 Å². The first-order chi connectivity index (χ1) is 12.6. The number of piperidine rings is 1. The van der Waals surface area contributed by atoms with Gasteiger partial charge in [-0.2, -0.15) is 0 Å². The fourth-order valence-electron chi connectivity index (χ4n) is 5.27. The lowest BCUT2D eigenvalue weighted by Crippen LogP contribution is -2.51. The Bertz CT molecular complexity index is 613. The smallest absolute Gasteiger partial charge is 0.225 e. The zero-order valence-corrected chi connectivity index (χ0v) is 15.4. The summed E-state index contributed by atoms with van der Waals surface area (Å²) in [7, 11) is 0. The van der Waals surface area contributed by atoms with Crippen molar-refractivity contribution in [2.24, 2.45) is 23.5 Å². The van der Waals surface area contributed by atoms with Gasteiger partial charge in [-0.3, -0.25) is 4.79 Å². The molecule has 2 unspecified atom stereocenters. The zero-order valence-electron chi connectivity index (χ0n) is 15.4. The van der Waals surface area contributed by atoms with Crippen LogP contribution in [-0.4, -0.2) is 36.0 Å². The number of halogens is 1. The normalized spacial score (nSPS) is 32.3. The number of anilines is 1. The number of nitrogens with zero attached hydrogens (tertiary/aromatic N) is 1. The molecule has 0 radical (unpaired) electrons. The Labute approximate surface area is 155 Å². The lowest BCUT2D eigenvalue weighted by molar-refractivity contribution is -0.139. The predicted octanol–water partition coefficient (Wildman–Crippen LogP) is 3.38. The number of rotatable bonds is 3. The maximum atomic E-state index is 13.0. The molecule has 1 aromatic carbocycles. The van der Waals surface area contributed by atoms with Gasteiger partial charge < -0.3 is 16.0 Å². The molecular weight excluding hydrogens is 329 g/mol. The maximum Gasteiger partial charge on any atom is 0.225 e. The summed E-state index contributed by atoms with van der Waals surface area (Å²) in [6, 6.07) is 7.17. The van der Waals surface area contributed by atoms with Gasteiger partial charge in [0.2, 0.25) is 5.91 Å². The fraction of sp³-hybridized carbons (Fsp3) is 0.667. The minimum atomic E-state index is -0.215. The summed E-state index contributed by atoms with van der Waals surface area (Å²) < 4.78 is 13.0. The highest BCUT2D eigenvalue weighted by Crippen LogP contribution is 2.42. The van der Waals surface area contributed by atoms with Gasteiger partial charge in [0.1, 0.15) is 5.82 Å². The number of fused-ring (bicyclic) bond motifs is 2. The second-order valence-electron chi connectivity index (χ2n) is 8.45. The zero-order chi connectivity index (χ0) is 18.1. The quantitative estimate of drug-likeness (QED) is 0.870. The van der Waals surface area contributed by atoms with Crippen LogP contribution >= 0.6 is 0 Å². The van der Waals surface area contributed by atoms with E-state index in [9.17, 15) is 9.18 Å². The predicted molar refractivity (Wildman–Crippen MR) is 101 cm³/mol. The molecule has 4 rings (SSSR count). The molecule has 3 fully saturated rings. The van der Waals surface area contributed by atoms with E-state index < -0.39 is 0 Å². The van der Waals surface area contributed by atoms with Gasteiger partial charge in [-0.15, -0.1) is 0 Å². The van der Waals surface area contributed by atoms with Gasteiger partial charge in [0.25, 0.3) is 0 Å². The molecule has 4 nitrogen and oxygen atoms in total. The largest absolute Gasteiger partial charge is 0.382 e. The van der Waals surface area contributed by atoms with Crippen molar-refractivity contribution in [3.8, 4) is 0 Å². The molecule has 26 heavy (non-hydrogen) atoms. The van der Waals surface area contributed by atoms with E-state index in [1.54, 1.807) is 12.1 Å². The number of nitrogens with one attached hydrogen (secondary N) is 1. The maximum absolute atomic E-state index is 13.0. The van der Waals surface area contributed by atoms with E-state index in [0.717, 1.165) is 44.5 Å². The molecule has 0 aromatic heterocycles. The van der Waals surface area contributed by atoms with Crippen molar-refractivity contribution in [3.63, 3.8) is 0 Å². The summed E-state index contributed by atoms with van der Waals surface area (Å²) in [6.45, 7) is 1.63. The third-order valence-electron chi connectivity index (χ3n) is 6.78. The Morgan fingerprint density at radius 3 is 2.27 bits per heavy atom. The average Bonchev–Trinajstić information content (AvgIpc) is 2.63. The van der Waals surface area contributed by atoms with Crippen LogP contribution in [0.2, 0.25) is 0 Å². The molecule has 2 aliphatic carbocycles. The van der Waals surface area contributed by atoms with Crippen molar-refractivity contribution in [2.45, 2.75) is 57.0 Å². The molecule has 0 spiro atoms.